The van der Waals surface area contributed by atoms with Crippen molar-refractivity contribution in [3.63, 3.8) is 0 Å². The van der Waals surface area contributed by atoms with Gasteiger partial charge in [-0.3, -0.25) is 4.79 Å². The molecule has 0 aliphatic carbocycles. The SMILES string of the molecule is C[C@@H](C(=O)N1Cc2ccccc2CC1C(=O)O)c1ccccc1. The zero-order valence-electron chi connectivity index (χ0n) is 13.0. The minimum absolute atomic E-state index is 0.141. The van der Waals surface area contributed by atoms with Gasteiger partial charge in [-0.15, -0.1) is 0 Å². The van der Waals surface area contributed by atoms with E-state index in [-0.39, 0.29) is 11.8 Å². The molecule has 2 aromatic rings. The van der Waals surface area contributed by atoms with Crippen LogP contribution in [0.25, 0.3) is 0 Å². The van der Waals surface area contributed by atoms with Crippen molar-refractivity contribution in [2.75, 3.05) is 0 Å². The minimum Gasteiger partial charge on any atom is -0.480 e. The standard InChI is InChI=1S/C19H19NO3/c1-13(14-7-3-2-4-8-14)18(21)20-12-16-10-6-5-9-15(16)11-17(20)19(22)23/h2-10,13,17H,11-12H2,1H3,(H,22,23)/t13-,17?/m1/s1. The second kappa shape index (κ2) is 6.24. The van der Waals surface area contributed by atoms with Crippen LogP contribution in [-0.4, -0.2) is 27.9 Å². The van der Waals surface area contributed by atoms with Crippen LogP contribution >= 0.6 is 0 Å². The van der Waals surface area contributed by atoms with Gasteiger partial charge in [0.05, 0.1) is 5.92 Å². The summed E-state index contributed by atoms with van der Waals surface area (Å²) < 4.78 is 0. The van der Waals surface area contributed by atoms with Gasteiger partial charge in [0.25, 0.3) is 0 Å². The Labute approximate surface area is 135 Å². The summed E-state index contributed by atoms with van der Waals surface area (Å²) in [6, 6.07) is 16.4. The van der Waals surface area contributed by atoms with Crippen LogP contribution < -0.4 is 0 Å². The molecule has 1 heterocycles. The molecule has 0 fully saturated rings. The first-order chi connectivity index (χ1) is 11.1. The van der Waals surface area contributed by atoms with E-state index in [1.165, 1.54) is 4.90 Å². The van der Waals surface area contributed by atoms with Crippen LogP contribution in [0.1, 0.15) is 29.5 Å². The Kier molecular flexibility index (Phi) is 4.15. The molecule has 0 saturated carbocycles. The Hall–Kier alpha value is -2.62. The summed E-state index contributed by atoms with van der Waals surface area (Å²) in [6.45, 7) is 2.18. The molecular formula is C19H19NO3. The normalized spacial score (nSPS) is 18.1. The third kappa shape index (κ3) is 2.97. The second-order valence-corrected chi connectivity index (χ2v) is 5.93. The summed E-state index contributed by atoms with van der Waals surface area (Å²) >= 11 is 0. The van der Waals surface area contributed by atoms with Gasteiger partial charge in [-0.05, 0) is 23.6 Å². The summed E-state index contributed by atoms with van der Waals surface area (Å²) in [5.74, 6) is -1.45. The van der Waals surface area contributed by atoms with Gasteiger partial charge >= 0.3 is 5.97 Å². The van der Waals surface area contributed by atoms with Crippen molar-refractivity contribution in [1.29, 1.82) is 0 Å². The molecule has 1 unspecified atom stereocenters. The van der Waals surface area contributed by atoms with Crippen LogP contribution in [0.2, 0.25) is 0 Å². The van der Waals surface area contributed by atoms with Crippen molar-refractivity contribution in [1.82, 2.24) is 4.90 Å². The third-order valence-electron chi connectivity index (χ3n) is 4.49. The van der Waals surface area contributed by atoms with Gasteiger partial charge in [-0.25, -0.2) is 4.79 Å². The van der Waals surface area contributed by atoms with E-state index in [9.17, 15) is 14.7 Å². The van der Waals surface area contributed by atoms with Crippen molar-refractivity contribution < 1.29 is 14.7 Å². The second-order valence-electron chi connectivity index (χ2n) is 5.93. The average molecular weight is 309 g/mol. The number of carboxylic acids is 1. The van der Waals surface area contributed by atoms with Crippen molar-refractivity contribution in [2.45, 2.75) is 31.8 Å². The lowest BCUT2D eigenvalue weighted by Gasteiger charge is -2.36. The van der Waals surface area contributed by atoms with Gasteiger partial charge in [0, 0.05) is 13.0 Å². The van der Waals surface area contributed by atoms with E-state index in [0.29, 0.717) is 13.0 Å². The van der Waals surface area contributed by atoms with E-state index >= 15 is 0 Å². The van der Waals surface area contributed by atoms with Crippen LogP contribution in [0.4, 0.5) is 0 Å². The Morgan fingerprint density at radius 1 is 1.04 bits per heavy atom. The number of benzene rings is 2. The monoisotopic (exact) mass is 309 g/mol. The molecule has 1 aliphatic rings. The quantitative estimate of drug-likeness (QED) is 0.948. The highest BCUT2D eigenvalue weighted by Gasteiger charge is 2.36. The first-order valence-electron chi connectivity index (χ1n) is 7.73. The molecule has 4 heteroatoms. The number of hydrogen-bond donors (Lipinski definition) is 1. The van der Waals surface area contributed by atoms with E-state index in [1.807, 2.05) is 61.5 Å². The molecule has 118 valence electrons. The molecule has 0 bridgehead atoms. The van der Waals surface area contributed by atoms with E-state index in [2.05, 4.69) is 0 Å². The fraction of sp³-hybridized carbons (Fsp3) is 0.263. The minimum atomic E-state index is -0.951. The highest BCUT2D eigenvalue weighted by molar-refractivity contribution is 5.88. The zero-order valence-corrected chi connectivity index (χ0v) is 13.0. The number of aliphatic carboxylic acids is 1. The van der Waals surface area contributed by atoms with Crippen LogP contribution in [0.5, 0.6) is 0 Å². The first kappa shape index (κ1) is 15.3. The van der Waals surface area contributed by atoms with E-state index in [4.69, 9.17) is 0 Å². The molecule has 1 amide bonds. The molecule has 2 atom stereocenters. The predicted molar refractivity (Wildman–Crippen MR) is 87.0 cm³/mol. The summed E-state index contributed by atoms with van der Waals surface area (Å²) in [4.78, 5) is 26.0. The average Bonchev–Trinajstić information content (AvgIpc) is 2.60. The fourth-order valence-corrected chi connectivity index (χ4v) is 3.11. The maximum Gasteiger partial charge on any atom is 0.326 e. The molecule has 4 nitrogen and oxygen atoms in total. The highest BCUT2D eigenvalue weighted by atomic mass is 16.4. The molecular weight excluding hydrogens is 290 g/mol. The molecule has 0 aromatic heterocycles. The largest absolute Gasteiger partial charge is 0.480 e. The molecule has 1 aliphatic heterocycles. The number of carbonyl (C=O) groups is 2. The number of carbonyl (C=O) groups excluding carboxylic acids is 1. The van der Waals surface area contributed by atoms with Crippen molar-refractivity contribution in [3.8, 4) is 0 Å². The van der Waals surface area contributed by atoms with Gasteiger partial charge in [-0.2, -0.15) is 0 Å². The van der Waals surface area contributed by atoms with Gasteiger partial charge in [-0.1, -0.05) is 54.6 Å². The molecule has 0 radical (unpaired) electrons. The van der Waals surface area contributed by atoms with Crippen molar-refractivity contribution in [2.24, 2.45) is 0 Å². The lowest BCUT2D eigenvalue weighted by Crippen LogP contribution is -2.49. The van der Waals surface area contributed by atoms with Crippen molar-refractivity contribution in [3.05, 3.63) is 71.3 Å². The van der Waals surface area contributed by atoms with Gasteiger partial charge < -0.3 is 10.0 Å². The topological polar surface area (TPSA) is 57.6 Å². The van der Waals surface area contributed by atoms with Crippen molar-refractivity contribution >= 4 is 11.9 Å². The Balaban J connectivity index is 1.90. The number of amides is 1. The number of hydrogen-bond acceptors (Lipinski definition) is 2. The molecule has 23 heavy (non-hydrogen) atoms. The number of carboxylic acid groups (broad SMARTS) is 1. The summed E-state index contributed by atoms with van der Waals surface area (Å²) in [5, 5.41) is 9.54. The molecule has 0 saturated heterocycles. The molecule has 2 aromatic carbocycles. The number of rotatable bonds is 3. The first-order valence-corrected chi connectivity index (χ1v) is 7.73. The lowest BCUT2D eigenvalue weighted by atomic mass is 9.91. The maximum atomic E-state index is 12.9. The Morgan fingerprint density at radius 3 is 2.30 bits per heavy atom. The maximum absolute atomic E-state index is 12.9. The molecule has 0 spiro atoms. The van der Waals surface area contributed by atoms with Gasteiger partial charge in [0.2, 0.25) is 5.91 Å². The smallest absolute Gasteiger partial charge is 0.326 e. The van der Waals surface area contributed by atoms with Crippen LogP contribution in [0.15, 0.2) is 54.6 Å². The Bertz CT molecular complexity index is 726. The van der Waals surface area contributed by atoms with Crippen LogP contribution in [0.3, 0.4) is 0 Å². The molecule has 1 N–H and O–H groups in total. The zero-order chi connectivity index (χ0) is 16.4. The summed E-state index contributed by atoms with van der Waals surface area (Å²) in [7, 11) is 0. The summed E-state index contributed by atoms with van der Waals surface area (Å²) in [6.07, 6.45) is 0.360. The molecule has 3 rings (SSSR count). The fourth-order valence-electron chi connectivity index (χ4n) is 3.11. The van der Waals surface area contributed by atoms with Gasteiger partial charge in [0.1, 0.15) is 6.04 Å². The lowest BCUT2D eigenvalue weighted by molar-refractivity contribution is -0.151. The van der Waals surface area contributed by atoms with E-state index in [0.717, 1.165) is 16.7 Å². The van der Waals surface area contributed by atoms with Crippen LogP contribution in [-0.2, 0) is 22.6 Å². The highest BCUT2D eigenvalue weighted by Crippen LogP contribution is 2.27. The third-order valence-corrected chi connectivity index (χ3v) is 4.49. The van der Waals surface area contributed by atoms with E-state index < -0.39 is 12.0 Å². The number of fused-ring (bicyclic) bond motifs is 1. The van der Waals surface area contributed by atoms with Crippen LogP contribution in [0, 0.1) is 0 Å². The van der Waals surface area contributed by atoms with E-state index in [1.54, 1.807) is 0 Å². The van der Waals surface area contributed by atoms with Gasteiger partial charge in [0.15, 0.2) is 0 Å². The Morgan fingerprint density at radius 2 is 1.65 bits per heavy atom. The summed E-state index contributed by atoms with van der Waals surface area (Å²) in [5.41, 5.74) is 2.94. The predicted octanol–water partition coefficient (Wildman–Crippen LogP) is 2.83. The number of nitrogens with zero attached hydrogens (tertiary/aromatic N) is 1.